The van der Waals surface area contributed by atoms with Gasteiger partial charge < -0.3 is 4.74 Å². The van der Waals surface area contributed by atoms with Crippen LogP contribution in [-0.2, 0) is 5.54 Å². The fourth-order valence-corrected chi connectivity index (χ4v) is 2.35. The molecule has 1 aromatic carbocycles. The summed E-state index contributed by atoms with van der Waals surface area (Å²) in [6, 6.07) is 7.70. The van der Waals surface area contributed by atoms with Crippen molar-refractivity contribution in [2.45, 2.75) is 12.5 Å². The lowest BCUT2D eigenvalue weighted by molar-refractivity contribution is 0.237. The van der Waals surface area contributed by atoms with Gasteiger partial charge in [0.2, 0.25) is 0 Å². The summed E-state index contributed by atoms with van der Waals surface area (Å²) in [6.07, 6.45) is 1.62. The second-order valence-electron chi connectivity index (χ2n) is 4.28. The fraction of sp³-hybridized carbons (Fsp3) is 0.308. The summed E-state index contributed by atoms with van der Waals surface area (Å²) in [4.78, 5) is 1.87. The Labute approximate surface area is 106 Å². The van der Waals surface area contributed by atoms with Crippen LogP contribution in [0.4, 0.5) is 0 Å². The molecule has 0 amide bonds. The highest BCUT2D eigenvalue weighted by molar-refractivity contribution is 6.30. The molecule has 0 aromatic heterocycles. The summed E-state index contributed by atoms with van der Waals surface area (Å²) >= 11 is 6.01. The third-order valence-electron chi connectivity index (χ3n) is 3.10. The normalized spacial score (nSPS) is 22.5. The Morgan fingerprint density at radius 2 is 2.12 bits per heavy atom. The predicted octanol–water partition coefficient (Wildman–Crippen LogP) is 2.92. The van der Waals surface area contributed by atoms with Crippen LogP contribution in [0.25, 0.3) is 0 Å². The molecule has 0 fully saturated rings. The number of hydrogen-bond donors (Lipinski definition) is 0. The molecule has 0 aliphatic carbocycles. The number of hydrogen-bond acceptors (Lipinski definition) is 3. The van der Waals surface area contributed by atoms with Crippen molar-refractivity contribution >= 4 is 11.6 Å². The van der Waals surface area contributed by atoms with E-state index in [1.165, 1.54) is 0 Å². The smallest absolute Gasteiger partial charge is 0.162 e. The van der Waals surface area contributed by atoms with Crippen LogP contribution in [0.5, 0.6) is 5.75 Å². The summed E-state index contributed by atoms with van der Waals surface area (Å²) in [6.45, 7) is 1.88. The van der Waals surface area contributed by atoms with Crippen LogP contribution in [0.1, 0.15) is 12.5 Å². The zero-order valence-electron chi connectivity index (χ0n) is 9.99. The summed E-state index contributed by atoms with van der Waals surface area (Å²) in [5.74, 6) is 0.676. The van der Waals surface area contributed by atoms with Gasteiger partial charge in [-0.1, -0.05) is 11.6 Å². The van der Waals surface area contributed by atoms with Gasteiger partial charge in [0.1, 0.15) is 5.75 Å². The van der Waals surface area contributed by atoms with Gasteiger partial charge in [-0.25, -0.2) is 0 Å². The summed E-state index contributed by atoms with van der Waals surface area (Å²) in [5.41, 5.74) is 0.829. The number of nitrogens with zero attached hydrogens (tertiary/aromatic N) is 2. The Balaban J connectivity index is 2.74. The second kappa shape index (κ2) is 4.06. The van der Waals surface area contributed by atoms with Crippen molar-refractivity contribution in [2.75, 3.05) is 14.1 Å². The van der Waals surface area contributed by atoms with Crippen LogP contribution in [0.3, 0.4) is 0 Å². The topological polar surface area (TPSA) is 36.3 Å². The third-order valence-corrected chi connectivity index (χ3v) is 3.33. The summed E-state index contributed by atoms with van der Waals surface area (Å²) < 4.78 is 5.50. The number of nitriles is 1. The minimum Gasteiger partial charge on any atom is -0.465 e. The maximum atomic E-state index is 9.59. The fourth-order valence-electron chi connectivity index (χ4n) is 2.18. The van der Waals surface area contributed by atoms with Crippen LogP contribution in [0, 0.1) is 11.3 Å². The molecule has 2 rings (SSSR count). The molecule has 1 unspecified atom stereocenters. The molecule has 1 aliphatic rings. The number of halogens is 1. The molecule has 0 saturated heterocycles. The Morgan fingerprint density at radius 3 is 2.71 bits per heavy atom. The largest absolute Gasteiger partial charge is 0.465 e. The molecule has 88 valence electrons. The van der Waals surface area contributed by atoms with Gasteiger partial charge in [0.15, 0.2) is 5.54 Å². The molecule has 3 nitrogen and oxygen atoms in total. The predicted molar refractivity (Wildman–Crippen MR) is 66.8 cm³/mol. The van der Waals surface area contributed by atoms with E-state index >= 15 is 0 Å². The van der Waals surface area contributed by atoms with Gasteiger partial charge in [-0.2, -0.15) is 5.26 Å². The number of rotatable bonds is 1. The first-order valence-corrected chi connectivity index (χ1v) is 5.63. The second-order valence-corrected chi connectivity index (χ2v) is 4.71. The number of fused-ring (bicyclic) bond motifs is 1. The van der Waals surface area contributed by atoms with Gasteiger partial charge in [-0.05, 0) is 39.2 Å². The molecule has 1 aliphatic heterocycles. The third kappa shape index (κ3) is 1.61. The zero-order chi connectivity index (χ0) is 12.6. The Morgan fingerprint density at radius 1 is 1.41 bits per heavy atom. The average Bonchev–Trinajstić information content (AvgIpc) is 2.29. The lowest BCUT2D eigenvalue weighted by Gasteiger charge is -2.38. The van der Waals surface area contributed by atoms with Crippen LogP contribution < -0.4 is 4.74 Å². The van der Waals surface area contributed by atoms with Gasteiger partial charge >= 0.3 is 0 Å². The molecule has 17 heavy (non-hydrogen) atoms. The highest BCUT2D eigenvalue weighted by Gasteiger charge is 2.42. The minimum absolute atomic E-state index is 0.600. The molecule has 0 saturated carbocycles. The van der Waals surface area contributed by atoms with Gasteiger partial charge in [0, 0.05) is 16.2 Å². The first-order chi connectivity index (χ1) is 8.02. The summed E-state index contributed by atoms with van der Waals surface area (Å²) in [5, 5.41) is 10.2. The highest BCUT2D eigenvalue weighted by atomic mass is 35.5. The van der Waals surface area contributed by atoms with E-state index in [9.17, 15) is 5.26 Å². The highest BCUT2D eigenvalue weighted by Crippen LogP contribution is 2.43. The van der Waals surface area contributed by atoms with Gasteiger partial charge in [0.05, 0.1) is 12.3 Å². The average molecular weight is 249 g/mol. The van der Waals surface area contributed by atoms with E-state index in [0.717, 1.165) is 11.1 Å². The van der Waals surface area contributed by atoms with Crippen molar-refractivity contribution in [2.24, 2.45) is 0 Å². The van der Waals surface area contributed by atoms with Crippen molar-refractivity contribution in [3.63, 3.8) is 0 Å². The Kier molecular flexibility index (Phi) is 2.86. The molecule has 1 aromatic rings. The van der Waals surface area contributed by atoms with E-state index in [1.54, 1.807) is 24.5 Å². The maximum Gasteiger partial charge on any atom is 0.162 e. The van der Waals surface area contributed by atoms with E-state index in [2.05, 4.69) is 6.07 Å². The molecular weight excluding hydrogens is 236 g/mol. The zero-order valence-corrected chi connectivity index (χ0v) is 10.7. The van der Waals surface area contributed by atoms with E-state index in [1.807, 2.05) is 25.9 Å². The molecular formula is C13H13ClN2O. The molecule has 1 heterocycles. The molecule has 0 radical (unpaired) electrons. The minimum atomic E-state index is -0.807. The van der Waals surface area contributed by atoms with Crippen LogP contribution in [-0.4, -0.2) is 19.0 Å². The number of likely N-dealkylation sites (N-methyl/N-ethyl adjacent to an activating group) is 1. The summed E-state index contributed by atoms with van der Waals surface area (Å²) in [7, 11) is 3.74. The Bertz CT molecular complexity index is 531. The van der Waals surface area contributed by atoms with Crippen LogP contribution in [0.15, 0.2) is 30.0 Å². The monoisotopic (exact) mass is 248 g/mol. The van der Waals surface area contributed by atoms with Crippen molar-refractivity contribution in [3.05, 3.63) is 40.6 Å². The van der Waals surface area contributed by atoms with E-state index in [-0.39, 0.29) is 0 Å². The van der Waals surface area contributed by atoms with Crippen molar-refractivity contribution < 1.29 is 4.74 Å². The van der Waals surface area contributed by atoms with Crippen molar-refractivity contribution in [3.8, 4) is 11.8 Å². The lowest BCUT2D eigenvalue weighted by atomic mass is 9.82. The molecule has 4 heteroatoms. The molecule has 0 spiro atoms. The van der Waals surface area contributed by atoms with Gasteiger partial charge in [0.25, 0.3) is 0 Å². The Hall–Kier alpha value is -1.50. The molecule has 1 atom stereocenters. The molecule has 0 bridgehead atoms. The number of benzene rings is 1. The standard InChI is InChI=1S/C13H13ClN2O/c1-9-7-17-12-5-4-10(14)6-11(12)13(9,8-15)16(2)3/h4-7H,1-3H3. The van der Waals surface area contributed by atoms with Gasteiger partial charge in [-0.3, -0.25) is 4.90 Å². The number of ether oxygens (including phenoxy) is 1. The first kappa shape index (κ1) is 12.0. The maximum absolute atomic E-state index is 9.59. The lowest BCUT2D eigenvalue weighted by Crippen LogP contribution is -2.43. The van der Waals surface area contributed by atoms with Crippen LogP contribution in [0.2, 0.25) is 5.02 Å². The van der Waals surface area contributed by atoms with Gasteiger partial charge in [-0.15, -0.1) is 0 Å². The van der Waals surface area contributed by atoms with Crippen LogP contribution >= 0.6 is 11.6 Å². The van der Waals surface area contributed by atoms with Crippen molar-refractivity contribution in [1.29, 1.82) is 5.26 Å². The van der Waals surface area contributed by atoms with E-state index in [4.69, 9.17) is 16.3 Å². The SMILES string of the molecule is CC1=COc2ccc(Cl)cc2C1(C#N)N(C)C. The first-order valence-electron chi connectivity index (χ1n) is 5.25. The van der Waals surface area contributed by atoms with E-state index < -0.39 is 5.54 Å². The van der Waals surface area contributed by atoms with Crippen molar-refractivity contribution in [1.82, 2.24) is 4.90 Å². The quantitative estimate of drug-likeness (QED) is 0.767. The molecule has 0 N–H and O–H groups in total. The van der Waals surface area contributed by atoms with E-state index in [0.29, 0.717) is 10.8 Å².